The number of aromatic amines is 1. The zero-order valence-electron chi connectivity index (χ0n) is 14.4. The number of phenolic OH excluding ortho intramolecular Hbond substituents is 1. The lowest BCUT2D eigenvalue weighted by Gasteiger charge is -2.20. The van der Waals surface area contributed by atoms with Crippen LogP contribution in [0.3, 0.4) is 0 Å². The number of carbonyl (C=O) groups excluding carboxylic acids is 1. The Balaban J connectivity index is 1.89. The lowest BCUT2D eigenvalue weighted by atomic mass is 9.95. The summed E-state index contributed by atoms with van der Waals surface area (Å²) in [6, 6.07) is 10.8. The Bertz CT molecular complexity index is 1270. The number of para-hydroxylation sites is 1. The molecule has 138 valence electrons. The van der Waals surface area contributed by atoms with Crippen LogP contribution in [0.15, 0.2) is 48.7 Å². The highest BCUT2D eigenvalue weighted by Gasteiger charge is 2.30. The molecular weight excluding hydrogens is 361 g/mol. The van der Waals surface area contributed by atoms with E-state index in [2.05, 4.69) is 20.5 Å². The normalized spacial score (nSPS) is 15.0. The van der Waals surface area contributed by atoms with Gasteiger partial charge in [0.1, 0.15) is 11.6 Å². The maximum atomic E-state index is 14.7. The molecule has 2 aromatic heterocycles. The molecule has 2 aromatic carbocycles. The van der Waals surface area contributed by atoms with Crippen molar-refractivity contribution in [3.63, 3.8) is 0 Å². The number of carbonyl (C=O) groups is 1. The number of halogens is 1. The second kappa shape index (κ2) is 5.78. The summed E-state index contributed by atoms with van der Waals surface area (Å²) in [6.07, 6.45) is 1.71. The van der Waals surface area contributed by atoms with Gasteiger partial charge in [-0.15, -0.1) is 10.2 Å². The molecule has 8 heteroatoms. The van der Waals surface area contributed by atoms with Crippen LogP contribution in [0.25, 0.3) is 22.2 Å². The molecule has 0 fully saturated rings. The van der Waals surface area contributed by atoms with E-state index < -0.39 is 17.8 Å². The summed E-state index contributed by atoms with van der Waals surface area (Å²) >= 11 is 0. The van der Waals surface area contributed by atoms with Gasteiger partial charge in [-0.1, -0.05) is 24.3 Å². The summed E-state index contributed by atoms with van der Waals surface area (Å²) < 4.78 is 14.7. The van der Waals surface area contributed by atoms with E-state index in [4.69, 9.17) is 5.73 Å². The van der Waals surface area contributed by atoms with Crippen molar-refractivity contribution in [3.8, 4) is 16.9 Å². The smallest absolute Gasteiger partial charge is 0.269 e. The van der Waals surface area contributed by atoms with Gasteiger partial charge in [-0.05, 0) is 12.1 Å². The van der Waals surface area contributed by atoms with Crippen molar-refractivity contribution < 1.29 is 14.3 Å². The standard InChI is InChI=1S/C20H14FN5O2/c21-13-7-9(27)5-6-10(13)17-12-8-23-20-16(12)15(18(19(22)28)25-26-20)11-3-1-2-4-14(11)24-17/h1-8,17,24,27H,(H2,22,28)(H,23,26). The minimum Gasteiger partial charge on any atom is -0.508 e. The molecular formula is C20H14FN5O2. The molecule has 1 aliphatic rings. The van der Waals surface area contributed by atoms with E-state index in [0.717, 1.165) is 11.6 Å². The number of anilines is 1. The minimum atomic E-state index is -0.694. The Morgan fingerprint density at radius 2 is 1.96 bits per heavy atom. The van der Waals surface area contributed by atoms with Crippen molar-refractivity contribution in [2.75, 3.05) is 5.32 Å². The number of amides is 1. The molecule has 0 radical (unpaired) electrons. The fourth-order valence-electron chi connectivity index (χ4n) is 3.76. The molecule has 1 atom stereocenters. The van der Waals surface area contributed by atoms with E-state index in [0.29, 0.717) is 33.4 Å². The zero-order chi connectivity index (χ0) is 19.4. The summed E-state index contributed by atoms with van der Waals surface area (Å²) in [5.74, 6) is -1.40. The van der Waals surface area contributed by atoms with Gasteiger partial charge >= 0.3 is 0 Å². The second-order valence-corrected chi connectivity index (χ2v) is 6.58. The fourth-order valence-corrected chi connectivity index (χ4v) is 3.76. The van der Waals surface area contributed by atoms with Crippen LogP contribution in [-0.4, -0.2) is 26.2 Å². The lowest BCUT2D eigenvalue weighted by Crippen LogP contribution is -2.15. The average Bonchev–Trinajstić information content (AvgIpc) is 3.04. The number of H-pyrrole nitrogens is 1. The maximum Gasteiger partial charge on any atom is 0.269 e. The topological polar surface area (TPSA) is 117 Å². The van der Waals surface area contributed by atoms with Crippen molar-refractivity contribution in [1.82, 2.24) is 15.2 Å². The molecule has 0 aliphatic carbocycles. The first-order chi connectivity index (χ1) is 13.5. The van der Waals surface area contributed by atoms with Gasteiger partial charge in [0, 0.05) is 45.6 Å². The Kier molecular flexibility index (Phi) is 3.35. The molecule has 0 saturated carbocycles. The molecule has 1 unspecified atom stereocenters. The number of nitrogens with zero attached hydrogens (tertiary/aromatic N) is 2. The van der Waals surface area contributed by atoms with Crippen LogP contribution in [0.1, 0.15) is 27.7 Å². The number of primary amides is 1. The van der Waals surface area contributed by atoms with Gasteiger partial charge in [-0.2, -0.15) is 0 Å². The summed E-state index contributed by atoms with van der Waals surface area (Å²) in [6.45, 7) is 0. The largest absolute Gasteiger partial charge is 0.508 e. The minimum absolute atomic E-state index is 0.0504. The van der Waals surface area contributed by atoms with Crippen LogP contribution < -0.4 is 11.1 Å². The van der Waals surface area contributed by atoms with E-state index in [1.54, 1.807) is 6.20 Å². The first kappa shape index (κ1) is 16.2. The fraction of sp³-hybridized carbons (Fsp3) is 0.0500. The number of fused-ring (bicyclic) bond motifs is 2. The van der Waals surface area contributed by atoms with Crippen LogP contribution >= 0.6 is 0 Å². The van der Waals surface area contributed by atoms with Gasteiger partial charge in [-0.25, -0.2) is 4.39 Å². The van der Waals surface area contributed by atoms with Crippen molar-refractivity contribution in [1.29, 1.82) is 0 Å². The molecule has 28 heavy (non-hydrogen) atoms. The molecule has 7 nitrogen and oxygen atoms in total. The SMILES string of the molecule is NC(=O)c1nnc2[nH]cc3c2c1-c1ccccc1NC3c1ccc(O)cc1F. The van der Waals surface area contributed by atoms with Crippen LogP contribution in [0.4, 0.5) is 10.1 Å². The van der Waals surface area contributed by atoms with E-state index in [1.165, 1.54) is 12.1 Å². The Morgan fingerprint density at radius 3 is 2.75 bits per heavy atom. The number of aromatic nitrogens is 3. The van der Waals surface area contributed by atoms with Gasteiger partial charge in [-0.3, -0.25) is 4.79 Å². The third-order valence-electron chi connectivity index (χ3n) is 4.96. The van der Waals surface area contributed by atoms with Gasteiger partial charge in [0.2, 0.25) is 0 Å². The van der Waals surface area contributed by atoms with E-state index in [1.807, 2.05) is 24.3 Å². The first-order valence-corrected chi connectivity index (χ1v) is 8.56. The maximum absolute atomic E-state index is 14.7. The van der Waals surface area contributed by atoms with E-state index in [9.17, 15) is 14.3 Å². The predicted molar refractivity (Wildman–Crippen MR) is 101 cm³/mol. The van der Waals surface area contributed by atoms with Crippen molar-refractivity contribution >= 4 is 22.6 Å². The summed E-state index contributed by atoms with van der Waals surface area (Å²) in [4.78, 5) is 15.1. The van der Waals surface area contributed by atoms with Crippen LogP contribution in [0.5, 0.6) is 5.75 Å². The molecule has 1 amide bonds. The van der Waals surface area contributed by atoms with Gasteiger partial charge in [0.05, 0.1) is 6.04 Å². The zero-order valence-corrected chi connectivity index (χ0v) is 14.4. The number of rotatable bonds is 2. The average molecular weight is 375 g/mol. The van der Waals surface area contributed by atoms with Crippen LogP contribution in [0.2, 0.25) is 0 Å². The highest BCUT2D eigenvalue weighted by Crippen LogP contribution is 2.44. The summed E-state index contributed by atoms with van der Waals surface area (Å²) in [5.41, 5.74) is 9.10. The number of aromatic hydroxyl groups is 1. The Labute approximate surface area is 158 Å². The van der Waals surface area contributed by atoms with Crippen molar-refractivity contribution in [3.05, 3.63) is 71.3 Å². The molecule has 0 bridgehead atoms. The number of benzene rings is 2. The molecule has 1 aliphatic heterocycles. The van der Waals surface area contributed by atoms with Crippen LogP contribution in [-0.2, 0) is 0 Å². The molecule has 0 saturated heterocycles. The van der Waals surface area contributed by atoms with Crippen molar-refractivity contribution in [2.45, 2.75) is 6.04 Å². The monoisotopic (exact) mass is 375 g/mol. The van der Waals surface area contributed by atoms with Crippen LogP contribution in [0, 0.1) is 5.82 Å². The number of phenols is 1. The van der Waals surface area contributed by atoms with Gasteiger partial charge in [0.15, 0.2) is 11.3 Å². The Morgan fingerprint density at radius 1 is 1.14 bits per heavy atom. The second-order valence-electron chi connectivity index (χ2n) is 6.58. The van der Waals surface area contributed by atoms with Crippen molar-refractivity contribution in [2.24, 2.45) is 5.73 Å². The lowest BCUT2D eigenvalue weighted by molar-refractivity contribution is 0.0995. The van der Waals surface area contributed by atoms with Gasteiger partial charge in [0.25, 0.3) is 5.91 Å². The molecule has 5 rings (SSSR count). The van der Waals surface area contributed by atoms with Gasteiger partial charge < -0.3 is 21.1 Å². The Hall–Kier alpha value is -3.94. The molecule has 0 spiro atoms. The number of hydrogen-bond donors (Lipinski definition) is 4. The number of hydrogen-bond acceptors (Lipinski definition) is 5. The highest BCUT2D eigenvalue weighted by atomic mass is 19.1. The molecule has 5 N–H and O–H groups in total. The molecule has 4 aromatic rings. The highest BCUT2D eigenvalue weighted by molar-refractivity contribution is 6.10. The third-order valence-corrected chi connectivity index (χ3v) is 4.96. The number of nitrogens with two attached hydrogens (primary N) is 1. The summed E-state index contributed by atoms with van der Waals surface area (Å²) in [5, 5.41) is 21.7. The quantitative estimate of drug-likeness (QED) is 0.430. The molecule has 3 heterocycles. The third kappa shape index (κ3) is 2.24. The first-order valence-electron chi connectivity index (χ1n) is 8.56. The predicted octanol–water partition coefficient (Wildman–Crippen LogP) is 3.08. The number of nitrogens with one attached hydrogen (secondary N) is 2. The summed E-state index contributed by atoms with van der Waals surface area (Å²) in [7, 11) is 0. The van der Waals surface area contributed by atoms with E-state index >= 15 is 0 Å². The van der Waals surface area contributed by atoms with E-state index in [-0.39, 0.29) is 11.4 Å².